The van der Waals surface area contributed by atoms with Crippen LogP contribution in [0.1, 0.15) is 17.4 Å². The van der Waals surface area contributed by atoms with Gasteiger partial charge in [0.25, 0.3) is 5.91 Å². The SMILES string of the molecule is C[C@H](OC(=O)c1cc(Cl)ccn1)C(=O)Nc1cc(Cl)ccc1Cl. The fourth-order valence-corrected chi connectivity index (χ4v) is 2.12. The van der Waals surface area contributed by atoms with Gasteiger partial charge in [0, 0.05) is 16.2 Å². The maximum absolute atomic E-state index is 12.1. The van der Waals surface area contributed by atoms with Crippen molar-refractivity contribution in [2.45, 2.75) is 13.0 Å². The highest BCUT2D eigenvalue weighted by Crippen LogP contribution is 2.25. The lowest BCUT2D eigenvalue weighted by Gasteiger charge is -2.14. The number of nitrogens with zero attached hydrogens (tertiary/aromatic N) is 1. The summed E-state index contributed by atoms with van der Waals surface area (Å²) in [5.41, 5.74) is 0.339. The summed E-state index contributed by atoms with van der Waals surface area (Å²) in [6.45, 7) is 1.43. The van der Waals surface area contributed by atoms with Crippen LogP contribution in [0, 0.1) is 0 Å². The number of pyridine rings is 1. The van der Waals surface area contributed by atoms with Crippen LogP contribution in [0.3, 0.4) is 0 Å². The zero-order chi connectivity index (χ0) is 17.0. The molecule has 0 unspecified atom stereocenters. The van der Waals surface area contributed by atoms with E-state index in [4.69, 9.17) is 39.5 Å². The van der Waals surface area contributed by atoms with Gasteiger partial charge in [-0.15, -0.1) is 0 Å². The smallest absolute Gasteiger partial charge is 0.357 e. The third-order valence-corrected chi connectivity index (χ3v) is 3.57. The number of halogens is 3. The predicted octanol–water partition coefficient (Wildman–Crippen LogP) is 4.23. The molecule has 0 aliphatic carbocycles. The van der Waals surface area contributed by atoms with Crippen molar-refractivity contribution in [3.63, 3.8) is 0 Å². The van der Waals surface area contributed by atoms with Crippen LogP contribution in [0.4, 0.5) is 5.69 Å². The zero-order valence-corrected chi connectivity index (χ0v) is 14.1. The first-order chi connectivity index (χ1) is 10.9. The van der Waals surface area contributed by atoms with Crippen molar-refractivity contribution in [2.75, 3.05) is 5.32 Å². The average molecular weight is 374 g/mol. The Morgan fingerprint density at radius 1 is 1.13 bits per heavy atom. The van der Waals surface area contributed by atoms with Gasteiger partial charge in [0.05, 0.1) is 10.7 Å². The second-order valence-electron chi connectivity index (χ2n) is 4.52. The Balaban J connectivity index is 2.02. The van der Waals surface area contributed by atoms with Crippen molar-refractivity contribution < 1.29 is 14.3 Å². The molecule has 8 heteroatoms. The molecule has 0 bridgehead atoms. The number of aromatic nitrogens is 1. The van der Waals surface area contributed by atoms with E-state index in [9.17, 15) is 9.59 Å². The minimum absolute atomic E-state index is 0.0120. The molecule has 0 saturated carbocycles. The predicted molar refractivity (Wildman–Crippen MR) is 89.2 cm³/mol. The topological polar surface area (TPSA) is 68.3 Å². The molecule has 0 aliphatic heterocycles. The molecule has 0 spiro atoms. The number of nitrogens with one attached hydrogen (secondary N) is 1. The monoisotopic (exact) mass is 372 g/mol. The van der Waals surface area contributed by atoms with E-state index in [1.54, 1.807) is 12.1 Å². The molecule has 0 saturated heterocycles. The number of ether oxygens (including phenoxy) is 1. The van der Waals surface area contributed by atoms with Gasteiger partial charge in [-0.05, 0) is 37.3 Å². The molecule has 1 atom stereocenters. The van der Waals surface area contributed by atoms with Crippen LogP contribution in [0.25, 0.3) is 0 Å². The van der Waals surface area contributed by atoms with E-state index in [1.807, 2.05) is 0 Å². The quantitative estimate of drug-likeness (QED) is 0.815. The molecule has 23 heavy (non-hydrogen) atoms. The second kappa shape index (κ2) is 7.64. The van der Waals surface area contributed by atoms with Crippen molar-refractivity contribution >= 4 is 52.4 Å². The number of carbonyl (C=O) groups excluding carboxylic acids is 2. The molecular formula is C15H11Cl3N2O3. The second-order valence-corrected chi connectivity index (χ2v) is 5.80. The van der Waals surface area contributed by atoms with Gasteiger partial charge in [-0.2, -0.15) is 0 Å². The first-order valence-electron chi connectivity index (χ1n) is 6.45. The normalized spacial score (nSPS) is 11.7. The van der Waals surface area contributed by atoms with Crippen LogP contribution in [0.5, 0.6) is 0 Å². The summed E-state index contributed by atoms with van der Waals surface area (Å²) in [7, 11) is 0. The molecule has 2 rings (SSSR count). The number of hydrogen-bond donors (Lipinski definition) is 1. The third kappa shape index (κ3) is 4.82. The molecule has 1 aromatic carbocycles. The first-order valence-corrected chi connectivity index (χ1v) is 7.58. The van der Waals surface area contributed by atoms with Gasteiger partial charge in [-0.3, -0.25) is 4.79 Å². The summed E-state index contributed by atoms with van der Waals surface area (Å²) in [5.74, 6) is -1.31. The van der Waals surface area contributed by atoms with E-state index in [2.05, 4.69) is 10.3 Å². The Bertz CT molecular complexity index is 752. The van der Waals surface area contributed by atoms with E-state index < -0.39 is 18.0 Å². The molecule has 1 heterocycles. The number of amides is 1. The van der Waals surface area contributed by atoms with Gasteiger partial charge >= 0.3 is 5.97 Å². The van der Waals surface area contributed by atoms with Gasteiger partial charge in [0.15, 0.2) is 6.10 Å². The van der Waals surface area contributed by atoms with Gasteiger partial charge < -0.3 is 10.1 Å². The van der Waals surface area contributed by atoms with Crippen molar-refractivity contribution in [1.29, 1.82) is 0 Å². The Hall–Kier alpha value is -1.82. The molecule has 0 aliphatic rings. The summed E-state index contributed by atoms with van der Waals surface area (Å²) >= 11 is 17.6. The van der Waals surface area contributed by atoms with Crippen LogP contribution in [-0.4, -0.2) is 23.0 Å². The van der Waals surface area contributed by atoms with Gasteiger partial charge in [-0.25, -0.2) is 9.78 Å². The highest BCUT2D eigenvalue weighted by atomic mass is 35.5. The Kier molecular flexibility index (Phi) is 5.82. The number of hydrogen-bond acceptors (Lipinski definition) is 4. The molecule has 0 radical (unpaired) electrons. The van der Waals surface area contributed by atoms with Gasteiger partial charge in [0.2, 0.25) is 0 Å². The van der Waals surface area contributed by atoms with E-state index in [1.165, 1.54) is 31.3 Å². The first kappa shape index (κ1) is 17.5. The largest absolute Gasteiger partial charge is 0.448 e. The van der Waals surface area contributed by atoms with Gasteiger partial charge in [-0.1, -0.05) is 34.8 Å². The van der Waals surface area contributed by atoms with Crippen LogP contribution >= 0.6 is 34.8 Å². The van der Waals surface area contributed by atoms with Crippen molar-refractivity contribution in [2.24, 2.45) is 0 Å². The highest BCUT2D eigenvalue weighted by Gasteiger charge is 2.20. The van der Waals surface area contributed by atoms with E-state index in [0.29, 0.717) is 20.8 Å². The van der Waals surface area contributed by atoms with E-state index in [-0.39, 0.29) is 5.69 Å². The molecule has 120 valence electrons. The van der Waals surface area contributed by atoms with Crippen molar-refractivity contribution in [1.82, 2.24) is 4.98 Å². The maximum atomic E-state index is 12.1. The lowest BCUT2D eigenvalue weighted by Crippen LogP contribution is -2.30. The number of rotatable bonds is 4. The fraction of sp³-hybridized carbons (Fsp3) is 0.133. The van der Waals surface area contributed by atoms with Crippen molar-refractivity contribution in [3.8, 4) is 0 Å². The van der Waals surface area contributed by atoms with Gasteiger partial charge in [0.1, 0.15) is 5.69 Å². The van der Waals surface area contributed by atoms with E-state index >= 15 is 0 Å². The lowest BCUT2D eigenvalue weighted by molar-refractivity contribution is -0.123. The van der Waals surface area contributed by atoms with Crippen LogP contribution in [0.2, 0.25) is 15.1 Å². The number of benzene rings is 1. The number of anilines is 1. The molecule has 1 amide bonds. The maximum Gasteiger partial charge on any atom is 0.357 e. The summed E-state index contributed by atoms with van der Waals surface area (Å²) < 4.78 is 5.05. The summed E-state index contributed by atoms with van der Waals surface area (Å²) in [5, 5.41) is 3.61. The fourth-order valence-electron chi connectivity index (χ4n) is 1.62. The summed E-state index contributed by atoms with van der Waals surface area (Å²) in [4.78, 5) is 27.8. The standard InChI is InChI=1S/C15H11Cl3N2O3/c1-8(23-15(22)13-7-10(17)4-5-19-13)14(21)20-12-6-9(16)2-3-11(12)18/h2-8H,1H3,(H,20,21)/t8-/m0/s1. The van der Waals surface area contributed by atoms with Crippen LogP contribution < -0.4 is 5.32 Å². The zero-order valence-electron chi connectivity index (χ0n) is 11.8. The molecular weight excluding hydrogens is 363 g/mol. The molecule has 5 nitrogen and oxygen atoms in total. The molecule has 1 N–H and O–H groups in total. The van der Waals surface area contributed by atoms with E-state index in [0.717, 1.165) is 0 Å². The summed E-state index contributed by atoms with van der Waals surface area (Å²) in [6.07, 6.45) is 0.313. The lowest BCUT2D eigenvalue weighted by atomic mass is 10.3. The minimum Gasteiger partial charge on any atom is -0.448 e. The number of esters is 1. The number of carbonyl (C=O) groups is 2. The molecule has 2 aromatic rings. The minimum atomic E-state index is -1.06. The molecule has 0 fully saturated rings. The van der Waals surface area contributed by atoms with Crippen LogP contribution in [-0.2, 0) is 9.53 Å². The third-order valence-electron chi connectivity index (χ3n) is 2.77. The van der Waals surface area contributed by atoms with Crippen molar-refractivity contribution in [3.05, 3.63) is 57.3 Å². The molecule has 1 aromatic heterocycles. The summed E-state index contributed by atoms with van der Waals surface area (Å²) in [6, 6.07) is 7.51. The Morgan fingerprint density at radius 3 is 2.52 bits per heavy atom. The Labute approximate surface area is 147 Å². The Morgan fingerprint density at radius 2 is 1.83 bits per heavy atom. The highest BCUT2D eigenvalue weighted by molar-refractivity contribution is 6.35. The van der Waals surface area contributed by atoms with Crippen LogP contribution in [0.15, 0.2) is 36.5 Å². The average Bonchev–Trinajstić information content (AvgIpc) is 2.50.